The van der Waals surface area contributed by atoms with Crippen molar-refractivity contribution in [2.45, 2.75) is 45.8 Å². The monoisotopic (exact) mass is 602 g/mol. The Morgan fingerprint density at radius 1 is 0.707 bits per heavy atom. The van der Waals surface area contributed by atoms with E-state index in [9.17, 15) is 48.3 Å². The van der Waals surface area contributed by atoms with Gasteiger partial charge in [0, 0.05) is 18.7 Å². The largest absolute Gasteiger partial charge is 0.573 e. The summed E-state index contributed by atoms with van der Waals surface area (Å²) in [5.41, 5.74) is -3.69. The Morgan fingerprint density at radius 2 is 1.24 bits per heavy atom. The maximum atomic E-state index is 14.9. The molecule has 41 heavy (non-hydrogen) atoms. The van der Waals surface area contributed by atoms with E-state index in [1.54, 1.807) is 0 Å². The molecule has 0 aromatic heterocycles. The number of hydrogen-bond acceptors (Lipinski definition) is 3. The van der Waals surface area contributed by atoms with Crippen LogP contribution in [0.3, 0.4) is 0 Å². The van der Waals surface area contributed by atoms with Crippen LogP contribution in [-0.4, -0.2) is 13.0 Å². The van der Waals surface area contributed by atoms with Crippen molar-refractivity contribution in [3.63, 3.8) is 0 Å². The second kappa shape index (κ2) is 11.7. The van der Waals surface area contributed by atoms with E-state index >= 15 is 0 Å². The number of halogens is 11. The van der Waals surface area contributed by atoms with Gasteiger partial charge < -0.3 is 14.2 Å². The standard InChI is InChI=1S/C26H17F11O3.CH4/c1-11-2-3-21(38-10-11)12-4-15(27)22(16(28)5-12)13-6-17(29)23(18(30)7-13)25(33,34)39-14-8-19(31)24(20(32)9-14)40-26(35,36)37;/h4-9,11,21H,2-3,10H2,1H3;1H4/t11?,21-;/m0./s1. The highest BCUT2D eigenvalue weighted by atomic mass is 19.4. The average Bonchev–Trinajstić information content (AvgIpc) is 2.80. The summed E-state index contributed by atoms with van der Waals surface area (Å²) in [6, 6.07) is 1.91. The lowest BCUT2D eigenvalue weighted by atomic mass is 9.93. The van der Waals surface area contributed by atoms with E-state index in [0.717, 1.165) is 18.6 Å². The fraction of sp³-hybridized carbons (Fsp3) is 0.333. The van der Waals surface area contributed by atoms with Crippen molar-refractivity contribution in [1.82, 2.24) is 0 Å². The van der Waals surface area contributed by atoms with Gasteiger partial charge in [0.25, 0.3) is 0 Å². The molecule has 0 spiro atoms. The first kappa shape index (κ1) is 32.0. The third kappa shape index (κ3) is 7.03. The second-order valence-electron chi connectivity index (χ2n) is 9.06. The molecule has 2 atom stereocenters. The summed E-state index contributed by atoms with van der Waals surface area (Å²) >= 11 is 0. The van der Waals surface area contributed by atoms with Crippen molar-refractivity contribution in [2.75, 3.05) is 6.61 Å². The van der Waals surface area contributed by atoms with Crippen LogP contribution in [0.2, 0.25) is 0 Å². The quantitative estimate of drug-likeness (QED) is 0.263. The van der Waals surface area contributed by atoms with Crippen LogP contribution < -0.4 is 9.47 Å². The van der Waals surface area contributed by atoms with Gasteiger partial charge in [-0.15, -0.1) is 13.2 Å². The molecular formula is C27H21F11O3. The van der Waals surface area contributed by atoms with Crippen LogP contribution in [-0.2, 0) is 10.8 Å². The van der Waals surface area contributed by atoms with Gasteiger partial charge in [-0.05, 0) is 54.2 Å². The Balaban J connectivity index is 0.00000462. The Morgan fingerprint density at radius 3 is 1.71 bits per heavy atom. The van der Waals surface area contributed by atoms with E-state index in [4.69, 9.17) is 4.74 Å². The molecule has 0 bridgehead atoms. The zero-order valence-electron chi connectivity index (χ0n) is 20.1. The number of rotatable bonds is 6. The molecule has 1 unspecified atom stereocenters. The summed E-state index contributed by atoms with van der Waals surface area (Å²) in [4.78, 5) is 0. The van der Waals surface area contributed by atoms with Crippen LogP contribution >= 0.6 is 0 Å². The first-order chi connectivity index (χ1) is 18.6. The molecule has 0 saturated carbocycles. The lowest BCUT2D eigenvalue weighted by Crippen LogP contribution is -2.25. The second-order valence-corrected chi connectivity index (χ2v) is 9.06. The summed E-state index contributed by atoms with van der Waals surface area (Å²) in [7, 11) is 0. The molecular weight excluding hydrogens is 581 g/mol. The molecule has 4 rings (SSSR count). The van der Waals surface area contributed by atoms with Crippen LogP contribution in [0.15, 0.2) is 36.4 Å². The first-order valence-electron chi connectivity index (χ1n) is 11.5. The van der Waals surface area contributed by atoms with E-state index in [0.29, 0.717) is 13.0 Å². The van der Waals surface area contributed by atoms with Crippen LogP contribution in [0.1, 0.15) is 44.4 Å². The van der Waals surface area contributed by atoms with Crippen molar-refractivity contribution >= 4 is 0 Å². The van der Waals surface area contributed by atoms with Crippen molar-refractivity contribution in [1.29, 1.82) is 0 Å². The van der Waals surface area contributed by atoms with Crippen molar-refractivity contribution in [2.24, 2.45) is 5.92 Å². The van der Waals surface area contributed by atoms with Crippen LogP contribution in [0, 0.1) is 40.8 Å². The van der Waals surface area contributed by atoms with Gasteiger partial charge in [0.05, 0.1) is 11.7 Å². The van der Waals surface area contributed by atoms with Gasteiger partial charge in [0.15, 0.2) is 11.6 Å². The molecule has 1 aliphatic rings. The maximum Gasteiger partial charge on any atom is 0.573 e. The molecule has 224 valence electrons. The van der Waals surface area contributed by atoms with E-state index < -0.39 is 81.7 Å². The molecule has 0 aliphatic carbocycles. The smallest absolute Gasteiger partial charge is 0.429 e. The molecule has 0 N–H and O–H groups in total. The molecule has 3 nitrogen and oxygen atoms in total. The molecule has 1 saturated heterocycles. The minimum Gasteiger partial charge on any atom is -0.429 e. The molecule has 14 heteroatoms. The van der Waals surface area contributed by atoms with E-state index in [1.807, 2.05) is 6.92 Å². The topological polar surface area (TPSA) is 27.7 Å². The highest BCUT2D eigenvalue weighted by molar-refractivity contribution is 5.66. The predicted octanol–water partition coefficient (Wildman–Crippen LogP) is 9.34. The number of alkyl halides is 5. The van der Waals surface area contributed by atoms with Crippen molar-refractivity contribution < 1.29 is 62.5 Å². The van der Waals surface area contributed by atoms with E-state index in [-0.39, 0.29) is 43.2 Å². The molecule has 0 amide bonds. The van der Waals surface area contributed by atoms with Gasteiger partial charge >= 0.3 is 12.5 Å². The lowest BCUT2D eigenvalue weighted by Gasteiger charge is -2.27. The summed E-state index contributed by atoms with van der Waals surface area (Å²) < 4.78 is 166. The minimum atomic E-state index is -5.52. The summed E-state index contributed by atoms with van der Waals surface area (Å²) in [6.45, 7) is 2.29. The fourth-order valence-corrected chi connectivity index (χ4v) is 4.20. The normalized spacial score (nSPS) is 17.7. The van der Waals surface area contributed by atoms with Crippen molar-refractivity contribution in [3.8, 4) is 22.6 Å². The van der Waals surface area contributed by atoms with Gasteiger partial charge in [-0.1, -0.05) is 14.4 Å². The van der Waals surface area contributed by atoms with Gasteiger partial charge in [0.2, 0.25) is 5.75 Å². The highest BCUT2D eigenvalue weighted by Crippen LogP contribution is 2.40. The molecule has 3 aromatic carbocycles. The third-order valence-corrected chi connectivity index (χ3v) is 6.00. The molecule has 0 radical (unpaired) electrons. The summed E-state index contributed by atoms with van der Waals surface area (Å²) in [5.74, 6) is -14.0. The summed E-state index contributed by atoms with van der Waals surface area (Å²) in [5, 5.41) is 0. The Labute approximate surface area is 226 Å². The van der Waals surface area contributed by atoms with E-state index in [1.165, 1.54) is 0 Å². The Bertz CT molecular complexity index is 1350. The zero-order valence-corrected chi connectivity index (χ0v) is 20.1. The lowest BCUT2D eigenvalue weighted by molar-refractivity contribution is -0.276. The van der Waals surface area contributed by atoms with Crippen molar-refractivity contribution in [3.05, 3.63) is 82.4 Å². The zero-order chi connectivity index (χ0) is 29.6. The molecule has 1 aliphatic heterocycles. The summed E-state index contributed by atoms with van der Waals surface area (Å²) in [6.07, 6.45) is -9.94. The van der Waals surface area contributed by atoms with Gasteiger partial charge in [-0.2, -0.15) is 8.78 Å². The SMILES string of the molecule is C.CC1CC[C@@H](c2cc(F)c(-c3cc(F)c(C(F)(F)Oc4cc(F)c(OC(F)(F)F)c(F)c4)c(F)c3)c(F)c2)OC1. The first-order valence-corrected chi connectivity index (χ1v) is 11.5. The number of hydrogen-bond donors (Lipinski definition) is 0. The number of ether oxygens (including phenoxy) is 3. The fourth-order valence-electron chi connectivity index (χ4n) is 4.20. The molecule has 1 heterocycles. The van der Waals surface area contributed by atoms with Crippen LogP contribution in [0.5, 0.6) is 11.5 Å². The van der Waals surface area contributed by atoms with Crippen LogP contribution in [0.25, 0.3) is 11.1 Å². The number of benzene rings is 3. The third-order valence-electron chi connectivity index (χ3n) is 6.00. The van der Waals surface area contributed by atoms with Gasteiger partial charge in [0.1, 0.15) is 34.6 Å². The molecule has 1 fully saturated rings. The Hall–Kier alpha value is -3.55. The predicted molar refractivity (Wildman–Crippen MR) is 123 cm³/mol. The maximum absolute atomic E-state index is 14.9. The van der Waals surface area contributed by atoms with E-state index in [2.05, 4.69) is 9.47 Å². The van der Waals surface area contributed by atoms with Crippen LogP contribution in [0.4, 0.5) is 48.3 Å². The minimum absolute atomic E-state index is 0. The van der Waals surface area contributed by atoms with Gasteiger partial charge in [-0.3, -0.25) is 0 Å². The van der Waals surface area contributed by atoms with Gasteiger partial charge in [-0.25, -0.2) is 26.3 Å². The average molecular weight is 602 g/mol. The highest BCUT2D eigenvalue weighted by Gasteiger charge is 2.42. The Kier molecular flexibility index (Phi) is 9.16. The molecule has 3 aromatic rings.